The normalized spacial score (nSPS) is 18.4. The summed E-state index contributed by atoms with van der Waals surface area (Å²) in [6.45, 7) is 1.06. The number of thiophene rings is 1. The molecule has 1 saturated heterocycles. The number of rotatable bonds is 3. The van der Waals surface area contributed by atoms with E-state index in [1.807, 2.05) is 12.1 Å². The molecule has 2 aromatic rings. The van der Waals surface area contributed by atoms with E-state index in [0.717, 1.165) is 13.0 Å². The summed E-state index contributed by atoms with van der Waals surface area (Å²) in [6.07, 6.45) is 7.00. The molecule has 0 radical (unpaired) electrons. The zero-order chi connectivity index (χ0) is 13.1. The average molecular weight is 274 g/mol. The standard InChI is InChI=1S/C13H14N4OS/c18-13(17-12-8-14-6-7-16-12)11-4-3-10(19-11)9-2-1-5-15-9/h3-4,6-9,15H,1-2,5H2,(H,16,17,18). The highest BCUT2D eigenvalue weighted by Gasteiger charge is 2.19. The molecule has 1 amide bonds. The molecule has 1 unspecified atom stereocenters. The Morgan fingerprint density at radius 3 is 3.11 bits per heavy atom. The van der Waals surface area contributed by atoms with Gasteiger partial charge in [-0.05, 0) is 31.5 Å². The quantitative estimate of drug-likeness (QED) is 0.900. The molecule has 19 heavy (non-hydrogen) atoms. The van der Waals surface area contributed by atoms with Gasteiger partial charge in [0.25, 0.3) is 5.91 Å². The fraction of sp³-hybridized carbons (Fsp3) is 0.308. The van der Waals surface area contributed by atoms with Crippen molar-refractivity contribution in [3.63, 3.8) is 0 Å². The second-order valence-electron chi connectivity index (χ2n) is 4.40. The van der Waals surface area contributed by atoms with Crippen LogP contribution >= 0.6 is 11.3 Å². The van der Waals surface area contributed by atoms with Gasteiger partial charge in [0.15, 0.2) is 5.82 Å². The van der Waals surface area contributed by atoms with Gasteiger partial charge in [-0.3, -0.25) is 9.78 Å². The minimum atomic E-state index is -0.130. The molecule has 1 atom stereocenters. The molecule has 2 aromatic heterocycles. The number of carbonyl (C=O) groups is 1. The number of nitrogens with zero attached hydrogens (tertiary/aromatic N) is 2. The van der Waals surface area contributed by atoms with E-state index in [1.54, 1.807) is 12.4 Å². The Bertz CT molecular complexity index is 563. The number of anilines is 1. The molecule has 0 spiro atoms. The first-order valence-corrected chi connectivity index (χ1v) is 7.05. The summed E-state index contributed by atoms with van der Waals surface area (Å²) < 4.78 is 0. The van der Waals surface area contributed by atoms with Gasteiger partial charge in [-0.1, -0.05) is 0 Å². The molecule has 6 heteroatoms. The Balaban J connectivity index is 1.70. The van der Waals surface area contributed by atoms with E-state index in [0.29, 0.717) is 16.7 Å². The Labute approximate surface area is 115 Å². The summed E-state index contributed by atoms with van der Waals surface area (Å²) in [5, 5.41) is 6.17. The Morgan fingerprint density at radius 1 is 1.42 bits per heavy atom. The Kier molecular flexibility index (Phi) is 3.52. The van der Waals surface area contributed by atoms with Crippen LogP contribution in [-0.2, 0) is 0 Å². The lowest BCUT2D eigenvalue weighted by atomic mass is 10.2. The summed E-state index contributed by atoms with van der Waals surface area (Å²) in [5.41, 5.74) is 0. The predicted octanol–water partition coefficient (Wildman–Crippen LogP) is 2.21. The molecule has 0 aromatic carbocycles. The van der Waals surface area contributed by atoms with Gasteiger partial charge in [-0.15, -0.1) is 11.3 Å². The summed E-state index contributed by atoms with van der Waals surface area (Å²) in [6, 6.07) is 4.30. The number of aromatic nitrogens is 2. The van der Waals surface area contributed by atoms with Crippen LogP contribution in [-0.4, -0.2) is 22.4 Å². The van der Waals surface area contributed by atoms with E-state index in [2.05, 4.69) is 20.6 Å². The molecule has 0 saturated carbocycles. The molecular formula is C13H14N4OS. The van der Waals surface area contributed by atoms with Crippen LogP contribution in [0.4, 0.5) is 5.82 Å². The van der Waals surface area contributed by atoms with Gasteiger partial charge in [0.1, 0.15) is 0 Å². The number of hydrogen-bond donors (Lipinski definition) is 2. The van der Waals surface area contributed by atoms with Crippen molar-refractivity contribution in [2.45, 2.75) is 18.9 Å². The third-order valence-electron chi connectivity index (χ3n) is 3.06. The molecule has 3 rings (SSSR count). The lowest BCUT2D eigenvalue weighted by Crippen LogP contribution is -2.12. The van der Waals surface area contributed by atoms with E-state index < -0.39 is 0 Å². The highest BCUT2D eigenvalue weighted by molar-refractivity contribution is 7.14. The van der Waals surface area contributed by atoms with E-state index in [-0.39, 0.29) is 5.91 Å². The fourth-order valence-electron chi connectivity index (χ4n) is 2.13. The highest BCUT2D eigenvalue weighted by atomic mass is 32.1. The van der Waals surface area contributed by atoms with Gasteiger partial charge < -0.3 is 10.6 Å². The molecule has 1 aliphatic heterocycles. The number of hydrogen-bond acceptors (Lipinski definition) is 5. The molecule has 0 aliphatic carbocycles. The number of nitrogens with one attached hydrogen (secondary N) is 2. The minimum Gasteiger partial charge on any atom is -0.309 e. The predicted molar refractivity (Wildman–Crippen MR) is 74.3 cm³/mol. The zero-order valence-corrected chi connectivity index (χ0v) is 11.1. The van der Waals surface area contributed by atoms with Crippen molar-refractivity contribution in [1.82, 2.24) is 15.3 Å². The summed E-state index contributed by atoms with van der Waals surface area (Å²) >= 11 is 1.53. The van der Waals surface area contributed by atoms with Gasteiger partial charge >= 0.3 is 0 Å². The largest absolute Gasteiger partial charge is 0.309 e. The van der Waals surface area contributed by atoms with Crippen LogP contribution in [0.15, 0.2) is 30.7 Å². The van der Waals surface area contributed by atoms with E-state index in [1.165, 1.54) is 28.8 Å². The van der Waals surface area contributed by atoms with Crippen LogP contribution in [0, 0.1) is 0 Å². The molecule has 1 aliphatic rings. The molecular weight excluding hydrogens is 260 g/mol. The van der Waals surface area contributed by atoms with Crippen molar-refractivity contribution >= 4 is 23.1 Å². The monoisotopic (exact) mass is 274 g/mol. The molecule has 2 N–H and O–H groups in total. The molecule has 3 heterocycles. The van der Waals surface area contributed by atoms with Crippen molar-refractivity contribution in [1.29, 1.82) is 0 Å². The number of carbonyl (C=O) groups excluding carboxylic acids is 1. The fourth-order valence-corrected chi connectivity index (χ4v) is 3.14. The van der Waals surface area contributed by atoms with Crippen LogP contribution in [0.1, 0.15) is 33.4 Å². The average Bonchev–Trinajstić information content (AvgIpc) is 3.11. The molecule has 5 nitrogen and oxygen atoms in total. The van der Waals surface area contributed by atoms with Gasteiger partial charge in [0.2, 0.25) is 0 Å². The smallest absolute Gasteiger partial charge is 0.266 e. The Hall–Kier alpha value is -1.79. The number of amides is 1. The van der Waals surface area contributed by atoms with E-state index >= 15 is 0 Å². The van der Waals surface area contributed by atoms with Crippen LogP contribution in [0.25, 0.3) is 0 Å². The second-order valence-corrected chi connectivity index (χ2v) is 5.51. The van der Waals surface area contributed by atoms with Crippen molar-refractivity contribution in [2.75, 3.05) is 11.9 Å². The lowest BCUT2D eigenvalue weighted by molar-refractivity contribution is 0.103. The maximum Gasteiger partial charge on any atom is 0.266 e. The van der Waals surface area contributed by atoms with Crippen LogP contribution in [0.5, 0.6) is 0 Å². The van der Waals surface area contributed by atoms with Crippen molar-refractivity contribution in [2.24, 2.45) is 0 Å². The highest BCUT2D eigenvalue weighted by Crippen LogP contribution is 2.29. The SMILES string of the molecule is O=C(Nc1cnccn1)c1ccc(C2CCCN2)s1. The van der Waals surface area contributed by atoms with Crippen molar-refractivity contribution < 1.29 is 4.79 Å². The summed E-state index contributed by atoms with van der Waals surface area (Å²) in [7, 11) is 0. The first kappa shape index (κ1) is 12.3. The first-order chi connectivity index (χ1) is 9.33. The topological polar surface area (TPSA) is 66.9 Å². The zero-order valence-electron chi connectivity index (χ0n) is 10.3. The van der Waals surface area contributed by atoms with Crippen molar-refractivity contribution in [3.8, 4) is 0 Å². The minimum absolute atomic E-state index is 0.130. The second kappa shape index (κ2) is 5.46. The van der Waals surface area contributed by atoms with Crippen LogP contribution in [0.3, 0.4) is 0 Å². The first-order valence-electron chi connectivity index (χ1n) is 6.23. The van der Waals surface area contributed by atoms with E-state index in [4.69, 9.17) is 0 Å². The van der Waals surface area contributed by atoms with Crippen molar-refractivity contribution in [3.05, 3.63) is 40.5 Å². The van der Waals surface area contributed by atoms with Gasteiger partial charge in [-0.2, -0.15) is 0 Å². The third kappa shape index (κ3) is 2.80. The van der Waals surface area contributed by atoms with Gasteiger partial charge in [-0.25, -0.2) is 4.98 Å². The lowest BCUT2D eigenvalue weighted by Gasteiger charge is -2.06. The van der Waals surface area contributed by atoms with E-state index in [9.17, 15) is 4.79 Å². The van der Waals surface area contributed by atoms with Gasteiger partial charge in [0.05, 0.1) is 11.1 Å². The summed E-state index contributed by atoms with van der Waals surface area (Å²) in [4.78, 5) is 21.9. The maximum atomic E-state index is 12.1. The third-order valence-corrected chi connectivity index (χ3v) is 4.26. The maximum absolute atomic E-state index is 12.1. The molecule has 98 valence electrons. The molecule has 1 fully saturated rings. The summed E-state index contributed by atoms with van der Waals surface area (Å²) in [5.74, 6) is 0.344. The Morgan fingerprint density at radius 2 is 2.37 bits per heavy atom. The van der Waals surface area contributed by atoms with Gasteiger partial charge in [0, 0.05) is 23.3 Å². The molecule has 0 bridgehead atoms. The van der Waals surface area contributed by atoms with Crippen LogP contribution < -0.4 is 10.6 Å². The van der Waals surface area contributed by atoms with Crippen LogP contribution in [0.2, 0.25) is 0 Å².